The topological polar surface area (TPSA) is 85.8 Å². The molecule has 0 aliphatic heterocycles. The Morgan fingerprint density at radius 2 is 2.05 bits per heavy atom. The Kier molecular flexibility index (Phi) is 6.61. The maximum atomic E-state index is 11.8. The van der Waals surface area contributed by atoms with E-state index in [2.05, 4.69) is 10.3 Å². The van der Waals surface area contributed by atoms with Crippen molar-refractivity contribution >= 4 is 17.6 Å². The SMILES string of the molecule is CCNC(=O)c1cc(N(CCN(C)C)CC(=O)O)ccn1. The van der Waals surface area contributed by atoms with Crippen LogP contribution in [0, 0.1) is 0 Å². The van der Waals surface area contributed by atoms with Crippen molar-refractivity contribution in [1.82, 2.24) is 15.2 Å². The third-order valence-electron chi connectivity index (χ3n) is 2.82. The van der Waals surface area contributed by atoms with Gasteiger partial charge in [0.2, 0.25) is 0 Å². The molecule has 1 aromatic heterocycles. The molecule has 0 unspecified atom stereocenters. The molecule has 0 fully saturated rings. The third-order valence-corrected chi connectivity index (χ3v) is 2.82. The molecule has 0 saturated heterocycles. The number of carboxylic acids is 1. The van der Waals surface area contributed by atoms with Gasteiger partial charge in [-0.25, -0.2) is 0 Å². The van der Waals surface area contributed by atoms with Gasteiger partial charge in [0.1, 0.15) is 12.2 Å². The number of carbonyl (C=O) groups is 2. The first kappa shape index (κ1) is 16.9. The molecule has 0 atom stereocenters. The van der Waals surface area contributed by atoms with Gasteiger partial charge in [-0.2, -0.15) is 0 Å². The van der Waals surface area contributed by atoms with Crippen molar-refractivity contribution in [3.63, 3.8) is 0 Å². The number of rotatable bonds is 8. The predicted molar refractivity (Wildman–Crippen MR) is 80.6 cm³/mol. The molecule has 0 aromatic carbocycles. The molecule has 0 aliphatic carbocycles. The van der Waals surface area contributed by atoms with Crippen LogP contribution in [0.4, 0.5) is 5.69 Å². The van der Waals surface area contributed by atoms with Crippen LogP contribution in [0.5, 0.6) is 0 Å². The highest BCUT2D eigenvalue weighted by molar-refractivity contribution is 5.93. The molecular weight excluding hydrogens is 272 g/mol. The standard InChI is InChI=1S/C14H22N4O3/c1-4-15-14(21)12-9-11(5-6-16-12)18(10-13(19)20)8-7-17(2)3/h5-6,9H,4,7-8,10H2,1-3H3,(H,15,21)(H,19,20). The predicted octanol–water partition coefficient (Wildman–Crippen LogP) is 0.284. The van der Waals surface area contributed by atoms with E-state index in [-0.39, 0.29) is 18.1 Å². The van der Waals surface area contributed by atoms with E-state index in [0.29, 0.717) is 25.3 Å². The number of likely N-dealkylation sites (N-methyl/N-ethyl adjacent to an activating group) is 1. The van der Waals surface area contributed by atoms with Gasteiger partial charge >= 0.3 is 5.97 Å². The summed E-state index contributed by atoms with van der Waals surface area (Å²) in [6, 6.07) is 3.32. The number of anilines is 1. The summed E-state index contributed by atoms with van der Waals surface area (Å²) >= 11 is 0. The van der Waals surface area contributed by atoms with E-state index in [9.17, 15) is 9.59 Å². The molecule has 7 heteroatoms. The molecule has 0 saturated carbocycles. The van der Waals surface area contributed by atoms with E-state index < -0.39 is 5.97 Å². The van der Waals surface area contributed by atoms with Gasteiger partial charge in [-0.15, -0.1) is 0 Å². The first-order valence-electron chi connectivity index (χ1n) is 6.79. The van der Waals surface area contributed by atoms with Gasteiger partial charge in [0.25, 0.3) is 5.91 Å². The van der Waals surface area contributed by atoms with Gasteiger partial charge in [0, 0.05) is 31.5 Å². The molecule has 0 spiro atoms. The fourth-order valence-corrected chi connectivity index (χ4v) is 1.77. The van der Waals surface area contributed by atoms with E-state index >= 15 is 0 Å². The number of carboxylic acid groups (broad SMARTS) is 1. The summed E-state index contributed by atoms with van der Waals surface area (Å²) in [5, 5.41) is 11.7. The minimum Gasteiger partial charge on any atom is -0.480 e. The Balaban J connectivity index is 2.92. The Labute approximate surface area is 124 Å². The van der Waals surface area contributed by atoms with Gasteiger partial charge in [-0.3, -0.25) is 14.6 Å². The summed E-state index contributed by atoms with van der Waals surface area (Å²) in [6.07, 6.45) is 1.52. The zero-order valence-corrected chi connectivity index (χ0v) is 12.7. The highest BCUT2D eigenvalue weighted by atomic mass is 16.4. The minimum atomic E-state index is -0.912. The Bertz CT molecular complexity index is 491. The lowest BCUT2D eigenvalue weighted by Gasteiger charge is -2.24. The number of aromatic nitrogens is 1. The lowest BCUT2D eigenvalue weighted by Crippen LogP contribution is -2.36. The molecule has 1 amide bonds. The summed E-state index contributed by atoms with van der Waals surface area (Å²) in [5.41, 5.74) is 0.963. The van der Waals surface area contributed by atoms with E-state index in [1.54, 1.807) is 17.0 Å². The molecule has 0 aliphatic rings. The highest BCUT2D eigenvalue weighted by Crippen LogP contribution is 2.14. The third kappa shape index (κ3) is 5.78. The number of nitrogens with one attached hydrogen (secondary N) is 1. The van der Waals surface area contributed by atoms with Crippen LogP contribution in [0.3, 0.4) is 0 Å². The number of aliphatic carboxylic acids is 1. The maximum Gasteiger partial charge on any atom is 0.323 e. The quantitative estimate of drug-likeness (QED) is 0.716. The smallest absolute Gasteiger partial charge is 0.323 e. The van der Waals surface area contributed by atoms with Gasteiger partial charge in [0.15, 0.2) is 0 Å². The second-order valence-corrected chi connectivity index (χ2v) is 4.88. The van der Waals surface area contributed by atoms with Crippen molar-refractivity contribution in [3.05, 3.63) is 24.0 Å². The summed E-state index contributed by atoms with van der Waals surface area (Å²) in [5.74, 6) is -1.17. The van der Waals surface area contributed by atoms with Crippen LogP contribution in [0.25, 0.3) is 0 Å². The van der Waals surface area contributed by atoms with E-state index in [1.165, 1.54) is 6.20 Å². The Morgan fingerprint density at radius 3 is 2.62 bits per heavy atom. The summed E-state index contributed by atoms with van der Waals surface area (Å²) in [6.45, 7) is 3.50. The molecule has 0 radical (unpaired) electrons. The molecule has 7 nitrogen and oxygen atoms in total. The lowest BCUT2D eigenvalue weighted by atomic mass is 10.2. The van der Waals surface area contributed by atoms with E-state index in [0.717, 1.165) is 0 Å². The molecule has 1 rings (SSSR count). The molecule has 116 valence electrons. The van der Waals surface area contributed by atoms with Crippen molar-refractivity contribution in [3.8, 4) is 0 Å². The number of nitrogens with zero attached hydrogens (tertiary/aromatic N) is 3. The van der Waals surface area contributed by atoms with E-state index in [1.807, 2.05) is 25.9 Å². The first-order valence-corrected chi connectivity index (χ1v) is 6.79. The first-order chi connectivity index (χ1) is 9.93. The number of hydrogen-bond donors (Lipinski definition) is 2. The van der Waals surface area contributed by atoms with Gasteiger partial charge in [-0.05, 0) is 33.2 Å². The number of hydrogen-bond acceptors (Lipinski definition) is 5. The number of carbonyl (C=O) groups excluding carboxylic acids is 1. The largest absolute Gasteiger partial charge is 0.480 e. The van der Waals surface area contributed by atoms with E-state index in [4.69, 9.17) is 5.11 Å². The normalized spacial score (nSPS) is 10.5. The second-order valence-electron chi connectivity index (χ2n) is 4.88. The summed E-state index contributed by atoms with van der Waals surface area (Å²) in [7, 11) is 3.84. The minimum absolute atomic E-state index is 0.118. The molecule has 0 bridgehead atoms. The lowest BCUT2D eigenvalue weighted by molar-refractivity contribution is -0.135. The molecule has 1 aromatic rings. The van der Waals surface area contributed by atoms with Crippen LogP contribution in [0.15, 0.2) is 18.3 Å². The van der Waals surface area contributed by atoms with Gasteiger partial charge in [0.05, 0.1) is 0 Å². The monoisotopic (exact) mass is 294 g/mol. The van der Waals surface area contributed by atoms with Crippen molar-refractivity contribution in [2.45, 2.75) is 6.92 Å². The average molecular weight is 294 g/mol. The number of amides is 1. The molecule has 1 heterocycles. The molecular formula is C14H22N4O3. The Morgan fingerprint density at radius 1 is 1.33 bits per heavy atom. The zero-order chi connectivity index (χ0) is 15.8. The maximum absolute atomic E-state index is 11.8. The fourth-order valence-electron chi connectivity index (χ4n) is 1.77. The van der Waals surface area contributed by atoms with Gasteiger partial charge in [-0.1, -0.05) is 0 Å². The molecule has 2 N–H and O–H groups in total. The van der Waals surface area contributed by atoms with Crippen LogP contribution in [0.2, 0.25) is 0 Å². The summed E-state index contributed by atoms with van der Waals surface area (Å²) < 4.78 is 0. The average Bonchev–Trinajstić information content (AvgIpc) is 2.43. The van der Waals surface area contributed by atoms with Crippen molar-refractivity contribution in [2.24, 2.45) is 0 Å². The summed E-state index contributed by atoms with van der Waals surface area (Å²) in [4.78, 5) is 30.5. The van der Waals surface area contributed by atoms with Crippen LogP contribution >= 0.6 is 0 Å². The van der Waals surface area contributed by atoms with Crippen LogP contribution in [0.1, 0.15) is 17.4 Å². The fraction of sp³-hybridized carbons (Fsp3) is 0.500. The van der Waals surface area contributed by atoms with Crippen molar-refractivity contribution < 1.29 is 14.7 Å². The van der Waals surface area contributed by atoms with Crippen molar-refractivity contribution in [2.75, 3.05) is 45.2 Å². The van der Waals surface area contributed by atoms with Crippen molar-refractivity contribution in [1.29, 1.82) is 0 Å². The second kappa shape index (κ2) is 8.21. The van der Waals surface area contributed by atoms with Crippen LogP contribution in [-0.4, -0.2) is 67.1 Å². The van der Waals surface area contributed by atoms with Crippen LogP contribution < -0.4 is 10.2 Å². The van der Waals surface area contributed by atoms with Crippen LogP contribution in [-0.2, 0) is 4.79 Å². The van der Waals surface area contributed by atoms with Gasteiger partial charge < -0.3 is 20.2 Å². The number of pyridine rings is 1. The highest BCUT2D eigenvalue weighted by Gasteiger charge is 2.14. The zero-order valence-electron chi connectivity index (χ0n) is 12.7. The molecule has 21 heavy (non-hydrogen) atoms. The Hall–Kier alpha value is -2.15.